The molecule has 0 aliphatic carbocycles. The minimum atomic E-state index is -3.91. The summed E-state index contributed by atoms with van der Waals surface area (Å²) in [5.74, 6) is -0.265. The second kappa shape index (κ2) is 7.97. The van der Waals surface area contributed by atoms with Gasteiger partial charge in [0.25, 0.3) is 10.0 Å². The Hall–Kier alpha value is -2.08. The van der Waals surface area contributed by atoms with E-state index in [4.69, 9.17) is 0 Å². The van der Waals surface area contributed by atoms with Crippen molar-refractivity contribution in [3.05, 3.63) is 42.7 Å². The van der Waals surface area contributed by atoms with Gasteiger partial charge in [0.05, 0.1) is 15.0 Å². The van der Waals surface area contributed by atoms with Crippen LogP contribution in [0, 0.1) is 0 Å². The molecular weight excluding hydrogens is 344 g/mol. The fourth-order valence-corrected chi connectivity index (χ4v) is 2.16. The van der Waals surface area contributed by atoms with E-state index in [1.807, 2.05) is 0 Å². The van der Waals surface area contributed by atoms with E-state index in [-0.39, 0.29) is 16.6 Å². The Bertz CT molecular complexity index is 822. The molecular formula is C12H16N4O5S2. The normalized spacial score (nSPS) is 11.3. The average molecular weight is 360 g/mol. The Labute approximate surface area is 134 Å². The Morgan fingerprint density at radius 2 is 1.57 bits per heavy atom. The molecule has 4 N–H and O–H groups in total. The molecule has 0 aliphatic heterocycles. The molecule has 9 nitrogen and oxygen atoms in total. The first kappa shape index (κ1) is 19.0. The summed E-state index contributed by atoms with van der Waals surface area (Å²) in [4.78, 5) is 7.74. The van der Waals surface area contributed by atoms with Crippen LogP contribution in [0.25, 0.3) is 0 Å². The minimum Gasteiger partial charge on any atom is -0.748 e. The summed E-state index contributed by atoms with van der Waals surface area (Å²) < 4.78 is 54.4. The van der Waals surface area contributed by atoms with E-state index < -0.39 is 20.1 Å². The first-order valence-corrected chi connectivity index (χ1v) is 9.35. The fourth-order valence-electron chi connectivity index (χ4n) is 1.20. The molecule has 0 unspecified atom stereocenters. The number of hydrogen-bond acceptors (Lipinski definition) is 7. The number of benzene rings is 1. The van der Waals surface area contributed by atoms with Crippen molar-refractivity contribution in [3.8, 4) is 0 Å². The number of anilines is 1. The van der Waals surface area contributed by atoms with Crippen molar-refractivity contribution in [2.75, 3.05) is 10.5 Å². The van der Waals surface area contributed by atoms with Gasteiger partial charge in [-0.25, -0.2) is 31.5 Å². The largest absolute Gasteiger partial charge is 0.748 e. The van der Waals surface area contributed by atoms with Crippen LogP contribution in [0.2, 0.25) is 0 Å². The molecule has 0 radical (unpaired) electrons. The van der Waals surface area contributed by atoms with Gasteiger partial charge in [0.1, 0.15) is 5.69 Å². The maximum absolute atomic E-state index is 11.9. The van der Waals surface area contributed by atoms with Gasteiger partial charge in [0.15, 0.2) is 0 Å². The van der Waals surface area contributed by atoms with Crippen molar-refractivity contribution < 1.29 is 27.1 Å². The highest BCUT2D eigenvalue weighted by Crippen LogP contribution is 2.13. The molecule has 1 heterocycles. The zero-order valence-corrected chi connectivity index (χ0v) is 13.8. The van der Waals surface area contributed by atoms with Gasteiger partial charge in [-0.15, -0.1) is 0 Å². The lowest BCUT2D eigenvalue weighted by Crippen LogP contribution is -2.39. The molecule has 2 aromatic rings. The van der Waals surface area contributed by atoms with Gasteiger partial charge in [-0.3, -0.25) is 0 Å². The Kier molecular flexibility index (Phi) is 6.57. The van der Waals surface area contributed by atoms with E-state index in [1.54, 1.807) is 18.2 Å². The molecule has 0 fully saturated rings. The number of hydrogen-bond donors (Lipinski definition) is 2. The highest BCUT2D eigenvalue weighted by atomic mass is 32.2. The molecule has 0 bridgehead atoms. The Morgan fingerprint density at radius 3 is 2.00 bits per heavy atom. The van der Waals surface area contributed by atoms with E-state index in [9.17, 15) is 21.4 Å². The third-order valence-electron chi connectivity index (χ3n) is 2.38. The van der Waals surface area contributed by atoms with E-state index in [0.29, 0.717) is 0 Å². The monoisotopic (exact) mass is 360 g/mol. The number of nitrogens with zero attached hydrogens (tertiary/aromatic N) is 2. The van der Waals surface area contributed by atoms with Crippen LogP contribution < -0.4 is 10.5 Å². The van der Waals surface area contributed by atoms with Crippen molar-refractivity contribution in [1.82, 2.24) is 9.97 Å². The predicted octanol–water partition coefficient (Wildman–Crippen LogP) is -0.298. The summed E-state index contributed by atoms with van der Waals surface area (Å²) >= 11 is 0. The summed E-state index contributed by atoms with van der Waals surface area (Å²) in [5.41, 5.74) is 4.44. The molecule has 0 spiro atoms. The zero-order chi connectivity index (χ0) is 17.5. The van der Waals surface area contributed by atoms with Gasteiger partial charge in [-0.05, 0) is 18.2 Å². The van der Waals surface area contributed by atoms with Crippen molar-refractivity contribution in [3.63, 3.8) is 0 Å². The molecule has 0 amide bonds. The van der Waals surface area contributed by atoms with Crippen molar-refractivity contribution in [2.45, 2.75) is 11.8 Å². The lowest BCUT2D eigenvalue weighted by Gasteiger charge is -2.05. The topological polar surface area (TPSA) is 157 Å². The number of sulfonamides is 1. The summed E-state index contributed by atoms with van der Waals surface area (Å²) in [7, 11) is -7.54. The van der Waals surface area contributed by atoms with Crippen LogP contribution in [-0.2, 0) is 20.1 Å². The summed E-state index contributed by atoms with van der Waals surface area (Å²) in [6, 6.07) is 7.82. The van der Waals surface area contributed by atoms with E-state index >= 15 is 0 Å². The van der Waals surface area contributed by atoms with Crippen LogP contribution >= 0.6 is 0 Å². The van der Waals surface area contributed by atoms with Crippen molar-refractivity contribution in [1.29, 1.82) is 0 Å². The van der Waals surface area contributed by atoms with E-state index in [2.05, 4.69) is 20.4 Å². The molecule has 2 rings (SSSR count). The minimum absolute atomic E-state index is 0.0474. The molecule has 0 saturated carbocycles. The summed E-state index contributed by atoms with van der Waals surface area (Å²) in [5, 5.41) is 0. The Balaban J connectivity index is 0.000000379. The second-order valence-corrected chi connectivity index (χ2v) is 7.54. The summed E-state index contributed by atoms with van der Waals surface area (Å²) in [6.07, 6.45) is 2.92. The smallest absolute Gasteiger partial charge is 0.264 e. The lowest BCUT2D eigenvalue weighted by atomic mass is 10.3. The highest BCUT2D eigenvalue weighted by Gasteiger charge is 2.15. The quantitative estimate of drug-likeness (QED) is 0.709. The maximum atomic E-state index is 11.9. The Morgan fingerprint density at radius 1 is 1.09 bits per heavy atom. The van der Waals surface area contributed by atoms with Gasteiger partial charge < -0.3 is 10.3 Å². The number of quaternary nitrogens is 1. The maximum Gasteiger partial charge on any atom is 0.264 e. The molecule has 126 valence electrons. The highest BCUT2D eigenvalue weighted by molar-refractivity contribution is 7.92. The van der Waals surface area contributed by atoms with Gasteiger partial charge in [-0.1, -0.05) is 6.92 Å². The van der Waals surface area contributed by atoms with Crippen LogP contribution in [-0.4, -0.2) is 37.1 Å². The van der Waals surface area contributed by atoms with Gasteiger partial charge >= 0.3 is 0 Å². The third-order valence-corrected chi connectivity index (χ3v) is 4.43. The van der Waals surface area contributed by atoms with Crippen LogP contribution in [0.1, 0.15) is 6.92 Å². The van der Waals surface area contributed by atoms with Crippen LogP contribution in [0.4, 0.5) is 11.6 Å². The third kappa shape index (κ3) is 7.15. The SMILES string of the molecule is CCS(=O)(=O)[O-].[NH3+]c1ccc(S(=O)(=O)Nc2ncccn2)cc1. The van der Waals surface area contributed by atoms with Crippen LogP contribution in [0.5, 0.6) is 0 Å². The van der Waals surface area contributed by atoms with E-state index in [0.717, 1.165) is 5.69 Å². The molecule has 0 aliphatic rings. The van der Waals surface area contributed by atoms with Gasteiger partial charge in [0, 0.05) is 30.3 Å². The van der Waals surface area contributed by atoms with Crippen molar-refractivity contribution in [2.24, 2.45) is 0 Å². The number of nitrogens with one attached hydrogen (secondary N) is 1. The second-order valence-electron chi connectivity index (χ2n) is 4.17. The van der Waals surface area contributed by atoms with Gasteiger partial charge in [0.2, 0.25) is 5.95 Å². The summed E-state index contributed by atoms with van der Waals surface area (Å²) in [6.45, 7) is 1.31. The van der Waals surface area contributed by atoms with E-state index in [1.165, 1.54) is 31.5 Å². The fraction of sp³-hybridized carbons (Fsp3) is 0.167. The molecule has 11 heteroatoms. The first-order chi connectivity index (χ1) is 10.6. The predicted molar refractivity (Wildman–Crippen MR) is 82.1 cm³/mol. The number of aromatic nitrogens is 2. The van der Waals surface area contributed by atoms with Crippen molar-refractivity contribution >= 4 is 31.8 Å². The molecule has 0 saturated heterocycles. The standard InChI is InChI=1S/C10H10N4O2S.C2H6O3S/c11-8-2-4-9(5-3-8)17(15,16)14-10-12-6-1-7-13-10;1-2-6(3,4)5/h1-7H,11H2,(H,12,13,14);2H2,1H3,(H,3,4,5). The zero-order valence-electron chi connectivity index (χ0n) is 12.2. The molecule has 0 atom stereocenters. The first-order valence-electron chi connectivity index (χ1n) is 6.29. The van der Waals surface area contributed by atoms with Crippen LogP contribution in [0.15, 0.2) is 47.6 Å². The van der Waals surface area contributed by atoms with Gasteiger partial charge in [-0.2, -0.15) is 0 Å². The van der Waals surface area contributed by atoms with Crippen LogP contribution in [0.3, 0.4) is 0 Å². The molecule has 23 heavy (non-hydrogen) atoms. The molecule has 1 aromatic heterocycles. The lowest BCUT2D eigenvalue weighted by molar-refractivity contribution is -0.254. The molecule has 1 aromatic carbocycles. The average Bonchev–Trinajstić information content (AvgIpc) is 2.48. The number of rotatable bonds is 4.